The second-order valence-electron chi connectivity index (χ2n) is 5.21. The summed E-state index contributed by atoms with van der Waals surface area (Å²) < 4.78 is 20.8. The van der Waals surface area contributed by atoms with Crippen LogP contribution in [0.2, 0.25) is 0 Å². The fraction of sp³-hybridized carbons (Fsp3) is 0.500. The summed E-state index contributed by atoms with van der Waals surface area (Å²) in [5, 5.41) is 20.4. The largest absolute Gasteiger partial charge is 0.387 e. The molecular weight excluding hydrogens is 267 g/mol. The van der Waals surface area contributed by atoms with Crippen molar-refractivity contribution in [2.75, 3.05) is 5.73 Å². The van der Waals surface area contributed by atoms with E-state index < -0.39 is 29.9 Å². The van der Waals surface area contributed by atoms with Crippen molar-refractivity contribution in [2.45, 2.75) is 37.9 Å². The molecule has 0 spiro atoms. The molecule has 108 valence electrons. The van der Waals surface area contributed by atoms with Gasteiger partial charge in [-0.25, -0.2) is 14.4 Å². The number of aliphatic hydroxyl groups excluding tert-OH is 1. The van der Waals surface area contributed by atoms with Gasteiger partial charge in [-0.05, 0) is 13.8 Å². The molecule has 1 aliphatic heterocycles. The monoisotopic (exact) mass is 282 g/mol. The van der Waals surface area contributed by atoms with Gasteiger partial charge in [0, 0.05) is 6.20 Å². The molecule has 4 N–H and O–H groups in total. The van der Waals surface area contributed by atoms with Crippen LogP contribution in [0.5, 0.6) is 0 Å². The summed E-state index contributed by atoms with van der Waals surface area (Å²) in [6, 6.07) is 0. The normalized spacial score (nSPS) is 34.0. The van der Waals surface area contributed by atoms with Gasteiger partial charge in [-0.2, -0.15) is 0 Å². The van der Waals surface area contributed by atoms with Crippen molar-refractivity contribution >= 4 is 16.9 Å². The van der Waals surface area contributed by atoms with Crippen molar-refractivity contribution < 1.29 is 19.3 Å². The van der Waals surface area contributed by atoms with Crippen LogP contribution >= 0.6 is 0 Å². The van der Waals surface area contributed by atoms with E-state index in [-0.39, 0.29) is 16.9 Å². The average Bonchev–Trinajstić information content (AvgIpc) is 2.81. The van der Waals surface area contributed by atoms with Crippen LogP contribution in [-0.4, -0.2) is 42.6 Å². The Bertz CT molecular complexity index is 672. The van der Waals surface area contributed by atoms with Crippen molar-refractivity contribution in [3.8, 4) is 0 Å². The zero-order valence-corrected chi connectivity index (χ0v) is 11.0. The summed E-state index contributed by atoms with van der Waals surface area (Å²) in [6.07, 6.45) is -0.299. The van der Waals surface area contributed by atoms with Crippen molar-refractivity contribution in [2.24, 2.45) is 0 Å². The van der Waals surface area contributed by atoms with Crippen LogP contribution in [-0.2, 0) is 4.74 Å². The van der Waals surface area contributed by atoms with Crippen LogP contribution in [0.4, 0.5) is 10.2 Å². The summed E-state index contributed by atoms with van der Waals surface area (Å²) in [5.74, 6) is -0.593. The van der Waals surface area contributed by atoms with Gasteiger partial charge in [-0.1, -0.05) is 0 Å². The maximum atomic E-state index is 14.0. The van der Waals surface area contributed by atoms with Crippen molar-refractivity contribution in [3.05, 3.63) is 18.3 Å². The summed E-state index contributed by atoms with van der Waals surface area (Å²) in [4.78, 5) is 7.72. The van der Waals surface area contributed by atoms with Crippen LogP contribution in [0.15, 0.2) is 12.5 Å². The van der Waals surface area contributed by atoms with E-state index in [4.69, 9.17) is 10.5 Å². The first kappa shape index (κ1) is 13.2. The minimum Gasteiger partial charge on any atom is -0.387 e. The van der Waals surface area contributed by atoms with Crippen LogP contribution in [0.1, 0.15) is 20.1 Å². The molecule has 0 aromatic carbocycles. The molecule has 0 amide bonds. The number of fused-ring (bicyclic) bond motifs is 1. The second-order valence-corrected chi connectivity index (χ2v) is 5.21. The molecule has 20 heavy (non-hydrogen) atoms. The molecule has 1 saturated heterocycles. The fourth-order valence-corrected chi connectivity index (χ4v) is 2.62. The first-order chi connectivity index (χ1) is 9.34. The highest BCUT2D eigenvalue weighted by Gasteiger charge is 2.51. The summed E-state index contributed by atoms with van der Waals surface area (Å²) in [6.45, 7) is 3.06. The molecule has 8 heteroatoms. The highest BCUT2D eigenvalue weighted by molar-refractivity contribution is 5.86. The Morgan fingerprint density at radius 1 is 1.50 bits per heavy atom. The van der Waals surface area contributed by atoms with Crippen LogP contribution in [0.3, 0.4) is 0 Å². The van der Waals surface area contributed by atoms with Gasteiger partial charge in [0.2, 0.25) is 0 Å². The van der Waals surface area contributed by atoms with Crippen LogP contribution < -0.4 is 5.73 Å². The average molecular weight is 282 g/mol. The third-order valence-corrected chi connectivity index (χ3v) is 3.73. The molecular formula is C12H15FN4O3. The SMILES string of the molecule is CC1O[C@@H](n2cc(F)c3c(N)ncnc32)C(C)(O)[C@H]1O. The third-order valence-electron chi connectivity index (χ3n) is 3.73. The smallest absolute Gasteiger partial charge is 0.167 e. The van der Waals surface area contributed by atoms with Gasteiger partial charge in [-0.15, -0.1) is 0 Å². The van der Waals surface area contributed by atoms with Gasteiger partial charge >= 0.3 is 0 Å². The Kier molecular flexibility index (Phi) is 2.72. The third kappa shape index (κ3) is 1.62. The van der Waals surface area contributed by atoms with Crippen molar-refractivity contribution in [1.82, 2.24) is 14.5 Å². The van der Waals surface area contributed by atoms with Crippen LogP contribution in [0.25, 0.3) is 11.0 Å². The minimum atomic E-state index is -1.57. The number of ether oxygens (including phenoxy) is 1. The second kappa shape index (κ2) is 4.11. The number of anilines is 1. The van der Waals surface area contributed by atoms with Crippen LogP contribution in [0, 0.1) is 5.82 Å². The van der Waals surface area contributed by atoms with E-state index >= 15 is 0 Å². The lowest BCUT2D eigenvalue weighted by molar-refractivity contribution is -0.0935. The lowest BCUT2D eigenvalue weighted by Gasteiger charge is -2.27. The van der Waals surface area contributed by atoms with Gasteiger partial charge in [0.05, 0.1) is 11.5 Å². The lowest BCUT2D eigenvalue weighted by atomic mass is 9.97. The number of nitrogens with zero attached hydrogens (tertiary/aromatic N) is 3. The predicted molar refractivity (Wildman–Crippen MR) is 68.1 cm³/mol. The molecule has 2 aromatic rings. The van der Waals surface area contributed by atoms with E-state index in [1.54, 1.807) is 6.92 Å². The molecule has 1 aliphatic rings. The number of nitrogen functional groups attached to an aromatic ring is 1. The lowest BCUT2D eigenvalue weighted by Crippen LogP contribution is -2.43. The fourth-order valence-electron chi connectivity index (χ4n) is 2.62. The summed E-state index contributed by atoms with van der Waals surface area (Å²) in [7, 11) is 0. The molecule has 7 nitrogen and oxygen atoms in total. The number of halogens is 1. The highest BCUT2D eigenvalue weighted by Crippen LogP contribution is 2.40. The molecule has 0 aliphatic carbocycles. The molecule has 0 radical (unpaired) electrons. The number of hydrogen-bond donors (Lipinski definition) is 3. The van der Waals surface area contributed by atoms with Gasteiger partial charge < -0.3 is 20.7 Å². The van der Waals surface area contributed by atoms with Gasteiger partial charge in [0.1, 0.15) is 23.9 Å². The Morgan fingerprint density at radius 3 is 2.80 bits per heavy atom. The Balaban J connectivity index is 2.19. The molecule has 4 atom stereocenters. The van der Waals surface area contributed by atoms with Gasteiger partial charge in [0.15, 0.2) is 17.7 Å². The van der Waals surface area contributed by atoms with Crippen molar-refractivity contribution in [1.29, 1.82) is 0 Å². The predicted octanol–water partition coefficient (Wildman–Crippen LogP) is 0.182. The molecule has 0 bridgehead atoms. The maximum Gasteiger partial charge on any atom is 0.167 e. The molecule has 1 fully saturated rings. The van der Waals surface area contributed by atoms with E-state index in [1.165, 1.54) is 17.8 Å². The number of rotatable bonds is 1. The van der Waals surface area contributed by atoms with Gasteiger partial charge in [0.25, 0.3) is 0 Å². The number of aromatic nitrogens is 3. The highest BCUT2D eigenvalue weighted by atomic mass is 19.1. The molecule has 3 rings (SSSR count). The summed E-state index contributed by atoms with van der Waals surface area (Å²) >= 11 is 0. The molecule has 2 aromatic heterocycles. The number of nitrogens with two attached hydrogens (primary N) is 1. The molecule has 2 unspecified atom stereocenters. The van der Waals surface area contributed by atoms with E-state index in [2.05, 4.69) is 9.97 Å². The zero-order chi connectivity index (χ0) is 14.7. The van der Waals surface area contributed by atoms with Gasteiger partial charge in [-0.3, -0.25) is 4.57 Å². The molecule has 0 saturated carbocycles. The maximum absolute atomic E-state index is 14.0. The Morgan fingerprint density at radius 2 is 2.20 bits per heavy atom. The minimum absolute atomic E-state index is 0.0116. The quantitative estimate of drug-likeness (QED) is 0.689. The van der Waals surface area contributed by atoms with Crippen molar-refractivity contribution in [3.63, 3.8) is 0 Å². The Labute approximate surface area is 113 Å². The standard InChI is InChI=1S/C12H15FN4O3/c1-5-8(18)12(2,19)11(20-5)17-3-6(13)7-9(14)15-4-16-10(7)17/h3-5,8,11,18-19H,1-2H3,(H2,14,15,16)/t5?,8-,11+,12?/m0/s1. The van der Waals surface area contributed by atoms with E-state index in [0.29, 0.717) is 0 Å². The molecule has 3 heterocycles. The summed E-state index contributed by atoms with van der Waals surface area (Å²) in [5.41, 5.74) is 4.27. The first-order valence-electron chi connectivity index (χ1n) is 6.16. The first-order valence-corrected chi connectivity index (χ1v) is 6.16. The Hall–Kier alpha value is -1.77. The van der Waals surface area contributed by atoms with E-state index in [0.717, 1.165) is 6.20 Å². The van der Waals surface area contributed by atoms with E-state index in [1.807, 2.05) is 0 Å². The number of hydrogen-bond acceptors (Lipinski definition) is 6. The zero-order valence-electron chi connectivity index (χ0n) is 11.0. The topological polar surface area (TPSA) is 106 Å². The van der Waals surface area contributed by atoms with E-state index in [9.17, 15) is 14.6 Å². The number of aliphatic hydroxyl groups is 2.